The standard InChI is InChI=1S/C21H32O3/c1-20(24)7-5-12-11(10-20)3-4-14-13(12)6-8-21(2)17(14)15-9-16(15)18(21)19(22)23/h11-18,24H,3-10H2,1-2H3,(H,22,23)/t11-,12+,13-,14-,15?,16?,17-,18-,20-,21+/m1/s1. The van der Waals surface area contributed by atoms with Crippen molar-refractivity contribution in [2.75, 3.05) is 0 Å². The normalized spacial score (nSPS) is 61.3. The molecule has 2 unspecified atom stereocenters. The summed E-state index contributed by atoms with van der Waals surface area (Å²) in [5.41, 5.74) is -0.381. The Morgan fingerprint density at radius 1 is 0.917 bits per heavy atom. The Kier molecular flexibility index (Phi) is 3.12. The van der Waals surface area contributed by atoms with Gasteiger partial charge in [-0.05, 0) is 105 Å². The monoisotopic (exact) mass is 332 g/mol. The summed E-state index contributed by atoms with van der Waals surface area (Å²) in [6, 6.07) is 0. The van der Waals surface area contributed by atoms with Crippen LogP contribution in [0.25, 0.3) is 0 Å². The van der Waals surface area contributed by atoms with Crippen LogP contribution in [0.15, 0.2) is 0 Å². The van der Waals surface area contributed by atoms with Crippen molar-refractivity contribution in [3.8, 4) is 0 Å². The lowest BCUT2D eigenvalue weighted by Gasteiger charge is -2.57. The molecule has 0 amide bonds. The van der Waals surface area contributed by atoms with Crippen LogP contribution in [0.1, 0.15) is 65.2 Å². The second kappa shape index (κ2) is 4.78. The first-order valence-corrected chi connectivity index (χ1v) is 10.3. The van der Waals surface area contributed by atoms with E-state index < -0.39 is 11.6 Å². The summed E-state index contributed by atoms with van der Waals surface area (Å²) in [6.45, 7) is 4.34. The molecule has 5 aliphatic rings. The van der Waals surface area contributed by atoms with Gasteiger partial charge in [0.25, 0.3) is 0 Å². The van der Waals surface area contributed by atoms with Crippen LogP contribution in [-0.2, 0) is 4.79 Å². The third-order valence-electron chi connectivity index (χ3n) is 9.29. The van der Waals surface area contributed by atoms with Crippen LogP contribution in [0.5, 0.6) is 0 Å². The van der Waals surface area contributed by atoms with Gasteiger partial charge in [0.1, 0.15) is 0 Å². The fraction of sp³-hybridized carbons (Fsp3) is 0.952. The molecule has 5 saturated carbocycles. The van der Waals surface area contributed by atoms with Gasteiger partial charge in [0, 0.05) is 0 Å². The Labute approximate surface area is 145 Å². The second-order valence-corrected chi connectivity index (χ2v) is 10.5. The number of hydrogen-bond acceptors (Lipinski definition) is 2. The molecule has 0 aromatic carbocycles. The molecular weight excluding hydrogens is 300 g/mol. The fourth-order valence-corrected chi connectivity index (χ4v) is 8.51. The Balaban J connectivity index is 1.43. The number of fused-ring (bicyclic) bond motifs is 7. The maximum Gasteiger partial charge on any atom is 0.307 e. The number of aliphatic carboxylic acids is 1. The summed E-state index contributed by atoms with van der Waals surface area (Å²) < 4.78 is 0. The maximum atomic E-state index is 11.9. The van der Waals surface area contributed by atoms with Crippen LogP contribution in [0.4, 0.5) is 0 Å². The molecule has 3 nitrogen and oxygen atoms in total. The van der Waals surface area contributed by atoms with E-state index in [1.54, 1.807) is 0 Å². The Morgan fingerprint density at radius 3 is 2.42 bits per heavy atom. The van der Waals surface area contributed by atoms with E-state index in [1.165, 1.54) is 32.1 Å². The Morgan fingerprint density at radius 2 is 1.67 bits per heavy atom. The molecule has 0 aliphatic heterocycles. The summed E-state index contributed by atoms with van der Waals surface area (Å²) in [5.74, 6) is 4.38. The first-order valence-electron chi connectivity index (χ1n) is 10.3. The van der Waals surface area contributed by atoms with E-state index in [4.69, 9.17) is 0 Å². The first kappa shape index (κ1) is 15.7. The van der Waals surface area contributed by atoms with Crippen LogP contribution in [0.3, 0.4) is 0 Å². The molecule has 0 aromatic heterocycles. The van der Waals surface area contributed by atoms with Crippen molar-refractivity contribution in [2.24, 2.45) is 52.8 Å². The predicted octanol–water partition coefficient (Wildman–Crippen LogP) is 3.95. The van der Waals surface area contributed by atoms with Crippen molar-refractivity contribution in [1.82, 2.24) is 0 Å². The lowest BCUT2D eigenvalue weighted by atomic mass is 9.48. The number of carboxylic acids is 1. The molecule has 0 saturated heterocycles. The SMILES string of the molecule is C[C@@]1(O)CC[C@H]2[C@H](CC[C@@H]3[C@@H]2CC[C@]2(C)[C@@H](C(=O)O)C4CC4[C@@H]32)C1. The van der Waals surface area contributed by atoms with E-state index in [-0.39, 0.29) is 11.3 Å². The Hall–Kier alpha value is -0.570. The third-order valence-corrected chi connectivity index (χ3v) is 9.29. The second-order valence-electron chi connectivity index (χ2n) is 10.5. The van der Waals surface area contributed by atoms with Gasteiger partial charge in [-0.3, -0.25) is 4.79 Å². The largest absolute Gasteiger partial charge is 0.481 e. The van der Waals surface area contributed by atoms with Crippen molar-refractivity contribution >= 4 is 5.97 Å². The molecule has 5 rings (SSSR count). The molecule has 0 radical (unpaired) electrons. The van der Waals surface area contributed by atoms with Gasteiger partial charge in [0.2, 0.25) is 0 Å². The summed E-state index contributed by atoms with van der Waals surface area (Å²) in [5, 5.41) is 20.3. The summed E-state index contributed by atoms with van der Waals surface area (Å²) in [4.78, 5) is 11.9. The Bertz CT molecular complexity index is 569. The van der Waals surface area contributed by atoms with E-state index in [0.29, 0.717) is 23.7 Å². The van der Waals surface area contributed by atoms with Crippen LogP contribution in [0, 0.1) is 52.8 Å². The number of aliphatic hydroxyl groups is 1. The number of carboxylic acid groups (broad SMARTS) is 1. The number of carbonyl (C=O) groups is 1. The number of rotatable bonds is 1. The minimum atomic E-state index is -0.520. The molecule has 0 heterocycles. The molecule has 134 valence electrons. The number of hydrogen-bond donors (Lipinski definition) is 2. The summed E-state index contributed by atoms with van der Waals surface area (Å²) >= 11 is 0. The average Bonchev–Trinajstić information content (AvgIpc) is 3.19. The first-order chi connectivity index (χ1) is 11.3. The molecule has 0 bridgehead atoms. The van der Waals surface area contributed by atoms with Crippen molar-refractivity contribution in [1.29, 1.82) is 0 Å². The zero-order valence-electron chi connectivity index (χ0n) is 15.1. The van der Waals surface area contributed by atoms with Crippen LogP contribution in [0.2, 0.25) is 0 Å². The highest BCUT2D eigenvalue weighted by atomic mass is 16.4. The molecule has 5 fully saturated rings. The van der Waals surface area contributed by atoms with Crippen LogP contribution >= 0.6 is 0 Å². The molecule has 10 atom stereocenters. The summed E-state index contributed by atoms with van der Waals surface area (Å²) in [6.07, 6.45) is 9.26. The lowest BCUT2D eigenvalue weighted by molar-refractivity contribution is -0.153. The van der Waals surface area contributed by atoms with Gasteiger partial charge in [0.05, 0.1) is 11.5 Å². The molecule has 2 N–H and O–H groups in total. The minimum absolute atomic E-state index is 0.0631. The van der Waals surface area contributed by atoms with E-state index >= 15 is 0 Å². The average molecular weight is 332 g/mol. The van der Waals surface area contributed by atoms with Crippen LogP contribution in [-0.4, -0.2) is 21.8 Å². The molecule has 24 heavy (non-hydrogen) atoms. The van der Waals surface area contributed by atoms with Gasteiger partial charge in [0.15, 0.2) is 0 Å². The van der Waals surface area contributed by atoms with Crippen molar-refractivity contribution in [3.05, 3.63) is 0 Å². The maximum absolute atomic E-state index is 11.9. The lowest BCUT2D eigenvalue weighted by Crippen LogP contribution is -2.52. The van der Waals surface area contributed by atoms with Crippen LogP contribution < -0.4 is 0 Å². The predicted molar refractivity (Wildman–Crippen MR) is 91.2 cm³/mol. The topological polar surface area (TPSA) is 57.5 Å². The van der Waals surface area contributed by atoms with Gasteiger partial charge in [-0.1, -0.05) is 6.92 Å². The third kappa shape index (κ3) is 1.97. The summed E-state index contributed by atoms with van der Waals surface area (Å²) in [7, 11) is 0. The van der Waals surface area contributed by atoms with E-state index in [0.717, 1.165) is 37.0 Å². The highest BCUT2D eigenvalue weighted by Crippen LogP contribution is 2.74. The molecule has 3 heteroatoms. The highest BCUT2D eigenvalue weighted by Gasteiger charge is 2.71. The fourth-order valence-electron chi connectivity index (χ4n) is 8.51. The highest BCUT2D eigenvalue weighted by molar-refractivity contribution is 5.73. The van der Waals surface area contributed by atoms with E-state index in [9.17, 15) is 15.0 Å². The molecular formula is C21H32O3. The van der Waals surface area contributed by atoms with Crippen molar-refractivity contribution in [3.63, 3.8) is 0 Å². The smallest absolute Gasteiger partial charge is 0.307 e. The van der Waals surface area contributed by atoms with Gasteiger partial charge in [-0.25, -0.2) is 0 Å². The van der Waals surface area contributed by atoms with Gasteiger partial charge >= 0.3 is 5.97 Å². The molecule has 0 spiro atoms. The quantitative estimate of drug-likeness (QED) is 0.764. The van der Waals surface area contributed by atoms with Gasteiger partial charge in [-0.15, -0.1) is 0 Å². The molecule has 5 aliphatic carbocycles. The van der Waals surface area contributed by atoms with E-state index in [2.05, 4.69) is 6.92 Å². The van der Waals surface area contributed by atoms with Gasteiger partial charge < -0.3 is 10.2 Å². The minimum Gasteiger partial charge on any atom is -0.481 e. The zero-order chi connectivity index (χ0) is 16.9. The van der Waals surface area contributed by atoms with Crippen molar-refractivity contribution in [2.45, 2.75) is 70.8 Å². The van der Waals surface area contributed by atoms with E-state index in [1.807, 2.05) is 6.92 Å². The van der Waals surface area contributed by atoms with Gasteiger partial charge in [-0.2, -0.15) is 0 Å². The van der Waals surface area contributed by atoms with Crippen molar-refractivity contribution < 1.29 is 15.0 Å². The molecule has 0 aromatic rings. The zero-order valence-corrected chi connectivity index (χ0v) is 15.1.